The normalized spacial score (nSPS) is 10.5. The predicted octanol–water partition coefficient (Wildman–Crippen LogP) is 0.612. The first-order valence-corrected chi connectivity index (χ1v) is 6.50. The van der Waals surface area contributed by atoms with Crippen LogP contribution in [0.5, 0.6) is 5.75 Å². The second-order valence-electron chi connectivity index (χ2n) is 3.58. The Hall–Kier alpha value is -1.41. The van der Waals surface area contributed by atoms with Crippen LogP contribution in [0.4, 0.5) is 0 Å². The molecule has 90 valence electrons. The first-order chi connectivity index (χ1) is 8.15. The number of carbonyl (C=O) groups excluding carboxylic acids is 1. The van der Waals surface area contributed by atoms with Crippen LogP contribution in [0.1, 0.15) is 17.4 Å². The van der Waals surface area contributed by atoms with Gasteiger partial charge in [-0.3, -0.25) is 0 Å². The molecular weight excluding hydrogens is 281 g/mol. The third-order valence-corrected chi connectivity index (χ3v) is 3.41. The number of aromatic amines is 1. The van der Waals surface area contributed by atoms with Crippen molar-refractivity contribution in [3.8, 4) is 5.75 Å². The van der Waals surface area contributed by atoms with Crippen molar-refractivity contribution in [2.45, 2.75) is 6.92 Å². The Morgan fingerprint density at radius 3 is 2.82 bits per heavy atom. The molecule has 0 radical (unpaired) electrons. The Kier molecular flexibility index (Phi) is 3.43. The van der Waals surface area contributed by atoms with E-state index in [4.69, 9.17) is 9.47 Å². The van der Waals surface area contributed by atoms with Crippen LogP contribution < -0.4 is 9.09 Å². The molecule has 2 aromatic rings. The van der Waals surface area contributed by atoms with Crippen molar-refractivity contribution < 1.29 is 14.3 Å². The SMILES string of the molecule is CCOC(=O)c1cc2cc(OC)c([AsH2])cc2[nH]1. The molecule has 0 aliphatic heterocycles. The van der Waals surface area contributed by atoms with E-state index in [9.17, 15) is 4.79 Å². The second kappa shape index (κ2) is 4.84. The molecule has 1 unspecified atom stereocenters. The molecule has 4 nitrogen and oxygen atoms in total. The van der Waals surface area contributed by atoms with Crippen LogP contribution in [0.2, 0.25) is 0 Å². The van der Waals surface area contributed by atoms with E-state index in [0.29, 0.717) is 12.3 Å². The van der Waals surface area contributed by atoms with Crippen molar-refractivity contribution >= 4 is 38.1 Å². The first kappa shape index (κ1) is 12.1. The Balaban J connectivity index is 2.47. The quantitative estimate of drug-likeness (QED) is 0.667. The summed E-state index contributed by atoms with van der Waals surface area (Å²) in [6.07, 6.45) is 0. The molecule has 1 heterocycles. The van der Waals surface area contributed by atoms with E-state index in [-0.39, 0.29) is 5.97 Å². The average molecular weight is 295 g/mol. The number of nitrogens with one attached hydrogen (secondary N) is 1. The van der Waals surface area contributed by atoms with Gasteiger partial charge in [-0.05, 0) is 0 Å². The monoisotopic (exact) mass is 295 g/mol. The summed E-state index contributed by atoms with van der Waals surface area (Å²) in [7, 11) is 1.64. The summed E-state index contributed by atoms with van der Waals surface area (Å²) in [6.45, 7) is 2.16. The van der Waals surface area contributed by atoms with Crippen molar-refractivity contribution in [1.82, 2.24) is 4.98 Å². The molecule has 0 fully saturated rings. The fourth-order valence-electron chi connectivity index (χ4n) is 1.67. The van der Waals surface area contributed by atoms with Crippen molar-refractivity contribution in [2.75, 3.05) is 13.7 Å². The zero-order chi connectivity index (χ0) is 12.4. The Morgan fingerprint density at radius 2 is 2.18 bits per heavy atom. The molecule has 17 heavy (non-hydrogen) atoms. The number of methoxy groups -OCH3 is 1. The molecule has 1 N–H and O–H groups in total. The third kappa shape index (κ3) is 2.32. The van der Waals surface area contributed by atoms with Gasteiger partial charge in [0.2, 0.25) is 0 Å². The van der Waals surface area contributed by atoms with Crippen molar-refractivity contribution in [1.29, 1.82) is 0 Å². The van der Waals surface area contributed by atoms with Crippen LogP contribution in [0.15, 0.2) is 18.2 Å². The van der Waals surface area contributed by atoms with E-state index in [1.54, 1.807) is 20.1 Å². The number of aromatic nitrogens is 1. The summed E-state index contributed by atoms with van der Waals surface area (Å²) in [6, 6.07) is 5.69. The topological polar surface area (TPSA) is 51.3 Å². The molecule has 0 aliphatic carbocycles. The summed E-state index contributed by atoms with van der Waals surface area (Å²) in [5, 5.41) is 0.950. The second-order valence-corrected chi connectivity index (χ2v) is 4.89. The number of H-pyrrole nitrogens is 1. The van der Waals surface area contributed by atoms with Gasteiger partial charge >= 0.3 is 108 Å². The predicted molar refractivity (Wildman–Crippen MR) is 69.0 cm³/mol. The molecule has 0 aliphatic rings. The minimum atomic E-state index is -0.328. The van der Waals surface area contributed by atoms with Gasteiger partial charge in [0.1, 0.15) is 0 Å². The standard InChI is InChI=1S/C12H14AsNO3/c1-3-17-12(15)10-4-7-5-11(16-2)8(13)6-9(7)14-10/h4-6,14H,3,13H2,1-2H3. The molecule has 0 spiro atoms. The summed E-state index contributed by atoms with van der Waals surface area (Å²) in [4.78, 5) is 14.6. The van der Waals surface area contributed by atoms with E-state index in [1.165, 1.54) is 16.9 Å². The molecule has 1 aromatic carbocycles. The minimum absolute atomic E-state index is 0.328. The van der Waals surface area contributed by atoms with Gasteiger partial charge in [0.15, 0.2) is 0 Å². The van der Waals surface area contributed by atoms with Gasteiger partial charge in [-0.25, -0.2) is 0 Å². The van der Waals surface area contributed by atoms with Gasteiger partial charge in [-0.15, -0.1) is 0 Å². The van der Waals surface area contributed by atoms with Gasteiger partial charge in [-0.1, -0.05) is 0 Å². The number of hydrogen-bond acceptors (Lipinski definition) is 3. The Bertz CT molecular complexity index is 562. The number of hydrogen-bond donors (Lipinski definition) is 1. The molecule has 2 rings (SSSR count). The van der Waals surface area contributed by atoms with Crippen molar-refractivity contribution in [2.24, 2.45) is 0 Å². The average Bonchev–Trinajstić information content (AvgIpc) is 2.71. The number of benzene rings is 1. The van der Waals surface area contributed by atoms with E-state index in [0.717, 1.165) is 21.0 Å². The van der Waals surface area contributed by atoms with Gasteiger partial charge in [0.05, 0.1) is 0 Å². The molecule has 1 atom stereocenters. The van der Waals surface area contributed by atoms with Crippen molar-refractivity contribution in [3.63, 3.8) is 0 Å². The van der Waals surface area contributed by atoms with Gasteiger partial charge < -0.3 is 0 Å². The van der Waals surface area contributed by atoms with Crippen LogP contribution >= 0.6 is 0 Å². The molecular formula is C12H14AsNO3. The fourth-order valence-corrected chi connectivity index (χ4v) is 2.44. The zero-order valence-electron chi connectivity index (χ0n) is 9.74. The first-order valence-electron chi connectivity index (χ1n) is 5.29. The third-order valence-electron chi connectivity index (χ3n) is 2.47. The van der Waals surface area contributed by atoms with Gasteiger partial charge in [0, 0.05) is 0 Å². The van der Waals surface area contributed by atoms with Crippen molar-refractivity contribution in [3.05, 3.63) is 23.9 Å². The van der Waals surface area contributed by atoms with E-state index < -0.39 is 0 Å². The maximum atomic E-state index is 11.6. The number of carbonyl (C=O) groups is 1. The Labute approximate surface area is 108 Å². The summed E-state index contributed by atoms with van der Waals surface area (Å²) >= 11 is 1.48. The van der Waals surface area contributed by atoms with Crippen LogP contribution in [-0.2, 0) is 4.74 Å². The molecule has 0 saturated heterocycles. The van der Waals surface area contributed by atoms with Gasteiger partial charge in [-0.2, -0.15) is 0 Å². The maximum absolute atomic E-state index is 11.6. The fraction of sp³-hybridized carbons (Fsp3) is 0.250. The number of fused-ring (bicyclic) bond motifs is 1. The van der Waals surface area contributed by atoms with Crippen LogP contribution in [0.3, 0.4) is 0 Å². The molecule has 5 heteroatoms. The van der Waals surface area contributed by atoms with E-state index in [2.05, 4.69) is 4.98 Å². The van der Waals surface area contributed by atoms with Gasteiger partial charge in [0.25, 0.3) is 0 Å². The van der Waals surface area contributed by atoms with Crippen LogP contribution in [0.25, 0.3) is 10.9 Å². The summed E-state index contributed by atoms with van der Waals surface area (Å²) < 4.78 is 11.3. The molecule has 1 aromatic heterocycles. The number of esters is 1. The molecule has 0 saturated carbocycles. The van der Waals surface area contributed by atoms with E-state index in [1.807, 2.05) is 12.1 Å². The number of rotatable bonds is 3. The summed E-state index contributed by atoms with van der Waals surface area (Å²) in [5.74, 6) is 0.512. The summed E-state index contributed by atoms with van der Waals surface area (Å²) in [5.41, 5.74) is 1.40. The zero-order valence-corrected chi connectivity index (χ0v) is 12.2. The molecule has 0 amide bonds. The van der Waals surface area contributed by atoms with Crippen LogP contribution in [-0.4, -0.2) is 41.5 Å². The number of ether oxygens (including phenoxy) is 2. The van der Waals surface area contributed by atoms with Crippen LogP contribution in [0, 0.1) is 0 Å². The molecule has 0 bridgehead atoms. The Morgan fingerprint density at radius 1 is 1.41 bits per heavy atom. The van der Waals surface area contributed by atoms with E-state index >= 15 is 0 Å².